The summed E-state index contributed by atoms with van der Waals surface area (Å²) in [7, 11) is 0. The van der Waals surface area contributed by atoms with Gasteiger partial charge in [0, 0.05) is 18.7 Å². The van der Waals surface area contributed by atoms with Crippen LogP contribution in [0.25, 0.3) is 0 Å². The van der Waals surface area contributed by atoms with Crippen LogP contribution in [0.3, 0.4) is 0 Å². The molecular weight excluding hydrogens is 216 g/mol. The van der Waals surface area contributed by atoms with Gasteiger partial charge in [-0.2, -0.15) is 0 Å². The van der Waals surface area contributed by atoms with E-state index in [1.165, 1.54) is 0 Å². The van der Waals surface area contributed by atoms with Crippen molar-refractivity contribution in [2.24, 2.45) is 11.7 Å². The zero-order valence-electron chi connectivity index (χ0n) is 11.3. The number of ether oxygens (including phenoxy) is 1. The highest BCUT2D eigenvalue weighted by atomic mass is 16.5. The Hall–Kier alpha value is -0.610. The first-order valence-corrected chi connectivity index (χ1v) is 6.58. The van der Waals surface area contributed by atoms with Crippen molar-refractivity contribution in [2.75, 3.05) is 13.2 Å². The van der Waals surface area contributed by atoms with Crippen molar-refractivity contribution >= 4 is 5.91 Å². The van der Waals surface area contributed by atoms with Gasteiger partial charge < -0.3 is 15.8 Å². The molecule has 0 radical (unpaired) electrons. The van der Waals surface area contributed by atoms with Gasteiger partial charge in [0.05, 0.1) is 12.5 Å². The number of nitrogens with one attached hydrogen (secondary N) is 1. The molecular formula is C13H26N2O2. The molecule has 4 nitrogen and oxygen atoms in total. The molecule has 0 saturated carbocycles. The number of hydrogen-bond donors (Lipinski definition) is 2. The van der Waals surface area contributed by atoms with Crippen LogP contribution in [-0.2, 0) is 9.53 Å². The predicted molar refractivity (Wildman–Crippen MR) is 68.6 cm³/mol. The summed E-state index contributed by atoms with van der Waals surface area (Å²) in [5.74, 6) is 0.581. The van der Waals surface area contributed by atoms with E-state index in [1.54, 1.807) is 0 Å². The third-order valence-electron chi connectivity index (χ3n) is 3.19. The molecule has 2 unspecified atom stereocenters. The van der Waals surface area contributed by atoms with E-state index < -0.39 is 0 Å². The molecule has 17 heavy (non-hydrogen) atoms. The fourth-order valence-corrected chi connectivity index (χ4v) is 2.49. The normalized spacial score (nSPS) is 23.7. The number of carbonyl (C=O) groups excluding carboxylic acids is 1. The summed E-state index contributed by atoms with van der Waals surface area (Å²) in [5.41, 5.74) is 5.48. The Morgan fingerprint density at radius 1 is 1.59 bits per heavy atom. The standard InChI is InChI=1S/C13H26N2O2/c1-10(2)8-13(3,9-14)15-12(16)7-11-5-4-6-17-11/h10-11H,4-9,14H2,1-3H3,(H,15,16). The van der Waals surface area contributed by atoms with Crippen molar-refractivity contribution in [3.63, 3.8) is 0 Å². The van der Waals surface area contributed by atoms with E-state index in [0.29, 0.717) is 18.9 Å². The smallest absolute Gasteiger partial charge is 0.223 e. The highest BCUT2D eigenvalue weighted by molar-refractivity contribution is 5.77. The van der Waals surface area contributed by atoms with Gasteiger partial charge in [0.25, 0.3) is 0 Å². The molecule has 0 spiro atoms. The van der Waals surface area contributed by atoms with Crippen LogP contribution < -0.4 is 11.1 Å². The average molecular weight is 242 g/mol. The molecule has 0 aromatic heterocycles. The Bertz CT molecular complexity index is 250. The summed E-state index contributed by atoms with van der Waals surface area (Å²) in [4.78, 5) is 11.9. The Balaban J connectivity index is 2.40. The van der Waals surface area contributed by atoms with Crippen LogP contribution in [0, 0.1) is 5.92 Å². The van der Waals surface area contributed by atoms with Crippen molar-refractivity contribution < 1.29 is 9.53 Å². The lowest BCUT2D eigenvalue weighted by Crippen LogP contribution is -2.52. The van der Waals surface area contributed by atoms with Crippen LogP contribution in [0.4, 0.5) is 0 Å². The quantitative estimate of drug-likeness (QED) is 0.740. The van der Waals surface area contributed by atoms with Crippen LogP contribution in [-0.4, -0.2) is 30.7 Å². The van der Waals surface area contributed by atoms with E-state index in [9.17, 15) is 4.79 Å². The molecule has 1 heterocycles. The molecule has 4 heteroatoms. The highest BCUT2D eigenvalue weighted by Crippen LogP contribution is 2.18. The Morgan fingerprint density at radius 2 is 2.29 bits per heavy atom. The second-order valence-electron chi connectivity index (χ2n) is 5.75. The minimum atomic E-state index is -0.288. The molecule has 1 aliphatic heterocycles. The number of amides is 1. The van der Waals surface area contributed by atoms with Crippen LogP contribution in [0.5, 0.6) is 0 Å². The largest absolute Gasteiger partial charge is 0.378 e. The lowest BCUT2D eigenvalue weighted by atomic mass is 9.90. The lowest BCUT2D eigenvalue weighted by molar-refractivity contribution is -0.125. The monoisotopic (exact) mass is 242 g/mol. The molecule has 2 atom stereocenters. The predicted octanol–water partition coefficient (Wildman–Crippen LogP) is 1.44. The minimum Gasteiger partial charge on any atom is -0.378 e. The van der Waals surface area contributed by atoms with Crippen molar-refractivity contribution in [3.05, 3.63) is 0 Å². The maximum absolute atomic E-state index is 11.9. The van der Waals surface area contributed by atoms with Gasteiger partial charge in [-0.05, 0) is 32.1 Å². The van der Waals surface area contributed by atoms with Crippen molar-refractivity contribution in [3.8, 4) is 0 Å². The van der Waals surface area contributed by atoms with Crippen LogP contribution in [0.2, 0.25) is 0 Å². The van der Waals surface area contributed by atoms with Gasteiger partial charge >= 0.3 is 0 Å². The summed E-state index contributed by atoms with van der Waals surface area (Å²) >= 11 is 0. The van der Waals surface area contributed by atoms with Gasteiger partial charge in [0.1, 0.15) is 0 Å². The molecule has 1 fully saturated rings. The summed E-state index contributed by atoms with van der Waals surface area (Å²) in [6.07, 6.45) is 3.54. The first-order chi connectivity index (χ1) is 7.95. The molecule has 1 aliphatic rings. The van der Waals surface area contributed by atoms with E-state index >= 15 is 0 Å². The zero-order valence-corrected chi connectivity index (χ0v) is 11.3. The third-order valence-corrected chi connectivity index (χ3v) is 3.19. The number of rotatable bonds is 6. The maximum atomic E-state index is 11.9. The number of hydrogen-bond acceptors (Lipinski definition) is 3. The third kappa shape index (κ3) is 5.04. The van der Waals surface area contributed by atoms with Crippen LogP contribution in [0.15, 0.2) is 0 Å². The summed E-state index contributed by atoms with van der Waals surface area (Å²) in [6, 6.07) is 0. The van der Waals surface area contributed by atoms with E-state index in [2.05, 4.69) is 19.2 Å². The van der Waals surface area contributed by atoms with E-state index in [-0.39, 0.29) is 17.6 Å². The van der Waals surface area contributed by atoms with Crippen molar-refractivity contribution in [2.45, 2.75) is 58.1 Å². The molecule has 1 amide bonds. The minimum absolute atomic E-state index is 0.0606. The molecule has 0 aromatic rings. The Morgan fingerprint density at radius 3 is 2.76 bits per heavy atom. The van der Waals surface area contributed by atoms with E-state index in [0.717, 1.165) is 25.9 Å². The second kappa shape index (κ2) is 6.36. The lowest BCUT2D eigenvalue weighted by Gasteiger charge is -2.31. The second-order valence-corrected chi connectivity index (χ2v) is 5.75. The van der Waals surface area contributed by atoms with Gasteiger partial charge in [-0.25, -0.2) is 0 Å². The highest BCUT2D eigenvalue weighted by Gasteiger charge is 2.27. The van der Waals surface area contributed by atoms with Gasteiger partial charge in [-0.15, -0.1) is 0 Å². The maximum Gasteiger partial charge on any atom is 0.223 e. The Labute approximate surface area is 104 Å². The number of carbonyl (C=O) groups is 1. The fourth-order valence-electron chi connectivity index (χ4n) is 2.49. The summed E-state index contributed by atoms with van der Waals surface area (Å²) in [6.45, 7) is 7.56. The molecule has 0 bridgehead atoms. The first-order valence-electron chi connectivity index (χ1n) is 6.58. The molecule has 0 aliphatic carbocycles. The first kappa shape index (κ1) is 14.5. The van der Waals surface area contributed by atoms with Crippen LogP contribution in [0.1, 0.15) is 46.5 Å². The van der Waals surface area contributed by atoms with Crippen molar-refractivity contribution in [1.29, 1.82) is 0 Å². The topological polar surface area (TPSA) is 64.3 Å². The molecule has 1 rings (SSSR count). The molecule has 0 aromatic carbocycles. The number of nitrogens with two attached hydrogens (primary N) is 1. The van der Waals surface area contributed by atoms with Crippen molar-refractivity contribution in [1.82, 2.24) is 5.32 Å². The SMILES string of the molecule is CC(C)CC(C)(CN)NC(=O)CC1CCCO1. The van der Waals surface area contributed by atoms with Gasteiger partial charge in [-0.3, -0.25) is 4.79 Å². The molecule has 1 saturated heterocycles. The van der Waals surface area contributed by atoms with Crippen LogP contribution >= 0.6 is 0 Å². The van der Waals surface area contributed by atoms with E-state index in [4.69, 9.17) is 10.5 Å². The van der Waals surface area contributed by atoms with E-state index in [1.807, 2.05) is 6.92 Å². The Kier molecular flexibility index (Phi) is 5.40. The van der Waals surface area contributed by atoms with Gasteiger partial charge in [-0.1, -0.05) is 13.8 Å². The fraction of sp³-hybridized carbons (Fsp3) is 0.923. The molecule has 100 valence electrons. The van der Waals surface area contributed by atoms with Gasteiger partial charge in [0.2, 0.25) is 5.91 Å². The zero-order chi connectivity index (χ0) is 12.9. The molecule has 3 N–H and O–H groups in total. The summed E-state index contributed by atoms with van der Waals surface area (Å²) < 4.78 is 5.46. The summed E-state index contributed by atoms with van der Waals surface area (Å²) in [5, 5.41) is 3.06. The van der Waals surface area contributed by atoms with Gasteiger partial charge in [0.15, 0.2) is 0 Å². The average Bonchev–Trinajstić information content (AvgIpc) is 2.68.